The summed E-state index contributed by atoms with van der Waals surface area (Å²) in [5, 5.41) is 8.91. The first kappa shape index (κ1) is 22.5. The molecule has 0 saturated heterocycles. The molecule has 2 aromatic carbocycles. The second-order valence-corrected chi connectivity index (χ2v) is 7.22. The number of thiocarbonyl (C=S) groups is 1. The second-order valence-electron chi connectivity index (χ2n) is 6.81. The van der Waals surface area contributed by atoms with Gasteiger partial charge in [-0.1, -0.05) is 24.3 Å². The number of hydrogen-bond acceptors (Lipinski definition) is 3. The van der Waals surface area contributed by atoms with Gasteiger partial charge in [0.1, 0.15) is 0 Å². The SMILES string of the molecule is CC(=O)NCCC(C)(NC(=S)Nc1ccccc1N)c1cccc(C(F)(F)F)c1. The zero-order valence-electron chi connectivity index (χ0n) is 16.1. The van der Waals surface area contributed by atoms with Crippen LogP contribution in [0, 0.1) is 0 Å². The number of alkyl halides is 3. The zero-order chi connectivity index (χ0) is 21.7. The molecule has 156 valence electrons. The molecule has 0 aliphatic carbocycles. The van der Waals surface area contributed by atoms with Crippen LogP contribution in [-0.2, 0) is 16.5 Å². The summed E-state index contributed by atoms with van der Waals surface area (Å²) in [5.41, 5.74) is 5.63. The first-order valence-corrected chi connectivity index (χ1v) is 9.28. The Morgan fingerprint density at radius 1 is 1.10 bits per heavy atom. The maximum Gasteiger partial charge on any atom is 0.416 e. The van der Waals surface area contributed by atoms with Crippen molar-refractivity contribution in [2.24, 2.45) is 0 Å². The minimum absolute atomic E-state index is 0.200. The predicted octanol–water partition coefficient (Wildman–Crippen LogP) is 4.02. The largest absolute Gasteiger partial charge is 0.416 e. The van der Waals surface area contributed by atoms with E-state index < -0.39 is 17.3 Å². The normalized spacial score (nSPS) is 13.3. The summed E-state index contributed by atoms with van der Waals surface area (Å²) in [7, 11) is 0. The maximum absolute atomic E-state index is 13.2. The minimum Gasteiger partial charge on any atom is -0.397 e. The lowest BCUT2D eigenvalue weighted by molar-refractivity contribution is -0.137. The van der Waals surface area contributed by atoms with E-state index >= 15 is 0 Å². The van der Waals surface area contributed by atoms with Gasteiger partial charge >= 0.3 is 6.18 Å². The van der Waals surface area contributed by atoms with Crippen molar-refractivity contribution in [2.45, 2.75) is 32.0 Å². The van der Waals surface area contributed by atoms with Crippen molar-refractivity contribution in [3.63, 3.8) is 0 Å². The summed E-state index contributed by atoms with van der Waals surface area (Å²) in [4.78, 5) is 11.2. The standard InChI is InChI=1S/C20H23F3N4OS/c1-13(28)25-11-10-19(2,14-6-5-7-15(12-14)20(21,22)23)27-18(29)26-17-9-4-3-8-16(17)24/h3-9,12H,10-11,24H2,1-2H3,(H,25,28)(H2,26,27,29). The number of anilines is 2. The van der Waals surface area contributed by atoms with Gasteiger partial charge in [-0.3, -0.25) is 4.79 Å². The number of halogens is 3. The van der Waals surface area contributed by atoms with Crippen molar-refractivity contribution >= 4 is 34.6 Å². The van der Waals surface area contributed by atoms with E-state index in [0.717, 1.165) is 12.1 Å². The zero-order valence-corrected chi connectivity index (χ0v) is 16.9. The van der Waals surface area contributed by atoms with Crippen LogP contribution >= 0.6 is 12.2 Å². The van der Waals surface area contributed by atoms with Gasteiger partial charge in [-0.25, -0.2) is 0 Å². The number of benzene rings is 2. The van der Waals surface area contributed by atoms with E-state index in [1.807, 2.05) is 0 Å². The van der Waals surface area contributed by atoms with Crippen molar-refractivity contribution in [2.75, 3.05) is 17.6 Å². The number of nitrogen functional groups attached to an aromatic ring is 1. The highest BCUT2D eigenvalue weighted by atomic mass is 32.1. The third-order valence-electron chi connectivity index (χ3n) is 4.42. The second kappa shape index (κ2) is 9.13. The monoisotopic (exact) mass is 424 g/mol. The lowest BCUT2D eigenvalue weighted by Gasteiger charge is -2.33. The molecule has 0 aliphatic rings. The molecule has 9 heteroatoms. The Balaban J connectivity index is 2.29. The number of carbonyl (C=O) groups excluding carboxylic acids is 1. The number of nitrogens with two attached hydrogens (primary N) is 1. The van der Waals surface area contributed by atoms with Crippen molar-refractivity contribution in [1.82, 2.24) is 10.6 Å². The summed E-state index contributed by atoms with van der Waals surface area (Å²) < 4.78 is 39.5. The van der Waals surface area contributed by atoms with Crippen LogP contribution in [0.4, 0.5) is 24.5 Å². The van der Waals surface area contributed by atoms with Crippen molar-refractivity contribution in [3.8, 4) is 0 Å². The Bertz CT molecular complexity index is 888. The summed E-state index contributed by atoms with van der Waals surface area (Å²) in [6, 6.07) is 12.0. The summed E-state index contributed by atoms with van der Waals surface area (Å²) >= 11 is 5.36. The number of para-hydroxylation sites is 2. The van der Waals surface area contributed by atoms with Gasteiger partial charge in [0.05, 0.1) is 22.5 Å². The van der Waals surface area contributed by atoms with Crippen molar-refractivity contribution in [3.05, 3.63) is 59.7 Å². The highest BCUT2D eigenvalue weighted by Crippen LogP contribution is 2.33. The summed E-state index contributed by atoms with van der Waals surface area (Å²) in [6.07, 6.45) is -4.16. The van der Waals surface area contributed by atoms with Gasteiger partial charge < -0.3 is 21.7 Å². The van der Waals surface area contributed by atoms with E-state index in [1.54, 1.807) is 37.3 Å². The Morgan fingerprint density at radius 2 is 1.76 bits per heavy atom. The van der Waals surface area contributed by atoms with E-state index in [2.05, 4.69) is 16.0 Å². The van der Waals surface area contributed by atoms with E-state index in [1.165, 1.54) is 13.0 Å². The Kier molecular flexibility index (Phi) is 7.07. The highest BCUT2D eigenvalue weighted by molar-refractivity contribution is 7.80. The Morgan fingerprint density at radius 3 is 2.38 bits per heavy atom. The van der Waals surface area contributed by atoms with Gasteiger partial charge in [0.2, 0.25) is 5.91 Å². The van der Waals surface area contributed by atoms with Crippen LogP contribution in [0.15, 0.2) is 48.5 Å². The molecule has 5 N–H and O–H groups in total. The summed E-state index contributed by atoms with van der Waals surface area (Å²) in [5.74, 6) is -0.228. The molecule has 29 heavy (non-hydrogen) atoms. The molecule has 0 aliphatic heterocycles. The molecule has 0 aromatic heterocycles. The fraction of sp³-hybridized carbons (Fsp3) is 0.300. The number of amides is 1. The molecule has 0 bridgehead atoms. The van der Waals surface area contributed by atoms with Gasteiger partial charge in [-0.15, -0.1) is 0 Å². The van der Waals surface area contributed by atoms with Crippen LogP contribution in [0.3, 0.4) is 0 Å². The van der Waals surface area contributed by atoms with Crippen LogP contribution in [0.2, 0.25) is 0 Å². The van der Waals surface area contributed by atoms with E-state index in [-0.39, 0.29) is 17.6 Å². The smallest absolute Gasteiger partial charge is 0.397 e. The first-order valence-electron chi connectivity index (χ1n) is 8.87. The number of hydrogen-bond donors (Lipinski definition) is 4. The molecular weight excluding hydrogens is 401 g/mol. The predicted molar refractivity (Wildman–Crippen MR) is 112 cm³/mol. The average Bonchev–Trinajstić information content (AvgIpc) is 2.62. The van der Waals surface area contributed by atoms with Crippen LogP contribution in [-0.4, -0.2) is 17.6 Å². The quantitative estimate of drug-likeness (QED) is 0.416. The molecule has 1 unspecified atom stereocenters. The van der Waals surface area contributed by atoms with Gasteiger partial charge in [-0.2, -0.15) is 13.2 Å². The molecule has 1 amide bonds. The number of nitrogens with one attached hydrogen (secondary N) is 3. The molecule has 0 spiro atoms. The van der Waals surface area contributed by atoms with E-state index in [4.69, 9.17) is 18.0 Å². The molecule has 0 radical (unpaired) electrons. The lowest BCUT2D eigenvalue weighted by Crippen LogP contribution is -2.47. The fourth-order valence-corrected chi connectivity index (χ4v) is 3.16. The first-order chi connectivity index (χ1) is 13.5. The minimum atomic E-state index is -4.47. The average molecular weight is 424 g/mol. The van der Waals surface area contributed by atoms with E-state index in [0.29, 0.717) is 23.4 Å². The third-order valence-corrected chi connectivity index (χ3v) is 4.63. The van der Waals surface area contributed by atoms with Crippen LogP contribution < -0.4 is 21.7 Å². The topological polar surface area (TPSA) is 79.2 Å². The van der Waals surface area contributed by atoms with Crippen molar-refractivity contribution in [1.29, 1.82) is 0 Å². The molecule has 2 aromatic rings. The van der Waals surface area contributed by atoms with Crippen LogP contribution in [0.1, 0.15) is 31.4 Å². The molecule has 0 saturated carbocycles. The van der Waals surface area contributed by atoms with Crippen LogP contribution in [0.5, 0.6) is 0 Å². The van der Waals surface area contributed by atoms with Crippen molar-refractivity contribution < 1.29 is 18.0 Å². The molecule has 0 heterocycles. The lowest BCUT2D eigenvalue weighted by atomic mass is 9.87. The fourth-order valence-electron chi connectivity index (χ4n) is 2.82. The van der Waals surface area contributed by atoms with Crippen LogP contribution in [0.25, 0.3) is 0 Å². The Labute approximate surface area is 172 Å². The summed E-state index contributed by atoms with van der Waals surface area (Å²) in [6.45, 7) is 3.36. The molecule has 0 fully saturated rings. The number of carbonyl (C=O) groups is 1. The molecule has 2 rings (SSSR count). The third kappa shape index (κ3) is 6.35. The van der Waals surface area contributed by atoms with Gasteiger partial charge in [-0.05, 0) is 55.4 Å². The number of rotatable bonds is 6. The van der Waals surface area contributed by atoms with Gasteiger partial charge in [0.15, 0.2) is 5.11 Å². The highest BCUT2D eigenvalue weighted by Gasteiger charge is 2.34. The van der Waals surface area contributed by atoms with E-state index in [9.17, 15) is 18.0 Å². The maximum atomic E-state index is 13.2. The molecule has 1 atom stereocenters. The van der Waals surface area contributed by atoms with Gasteiger partial charge in [0, 0.05) is 13.5 Å². The molecular formula is C20H23F3N4OS. The molecule has 5 nitrogen and oxygen atoms in total. The van der Waals surface area contributed by atoms with Gasteiger partial charge in [0.25, 0.3) is 0 Å². The Hall–Kier alpha value is -2.81.